The molecule has 30 heavy (non-hydrogen) atoms. The van der Waals surface area contributed by atoms with Gasteiger partial charge < -0.3 is 9.64 Å². The molecule has 1 heterocycles. The summed E-state index contributed by atoms with van der Waals surface area (Å²) in [5.41, 5.74) is 0.200. The molecule has 4 rings (SSSR count). The van der Waals surface area contributed by atoms with Crippen molar-refractivity contribution in [2.24, 2.45) is 0 Å². The third kappa shape index (κ3) is 3.68. The van der Waals surface area contributed by atoms with Crippen LogP contribution in [0.15, 0.2) is 48.5 Å². The normalized spacial score (nSPS) is 18.5. The first kappa shape index (κ1) is 19.8. The van der Waals surface area contributed by atoms with E-state index in [2.05, 4.69) is 0 Å². The lowest BCUT2D eigenvalue weighted by Gasteiger charge is -2.27. The highest BCUT2D eigenvalue weighted by Crippen LogP contribution is 2.35. The Labute approximate surface area is 172 Å². The molecule has 2 aromatic rings. The van der Waals surface area contributed by atoms with Gasteiger partial charge in [-0.05, 0) is 49.2 Å². The first-order valence-corrected chi connectivity index (χ1v) is 9.59. The highest BCUT2D eigenvalue weighted by atomic mass is 19.1. The number of benzene rings is 2. The van der Waals surface area contributed by atoms with Gasteiger partial charge in [-0.25, -0.2) is 9.29 Å². The number of hydrogen-bond acceptors (Lipinski definition) is 5. The second kappa shape index (κ2) is 7.70. The number of halogens is 1. The number of ether oxygens (including phenoxy) is 1. The van der Waals surface area contributed by atoms with E-state index in [0.717, 1.165) is 4.90 Å². The van der Waals surface area contributed by atoms with Crippen molar-refractivity contribution >= 4 is 29.4 Å². The largest absolute Gasteiger partial charge is 0.427 e. The summed E-state index contributed by atoms with van der Waals surface area (Å²) < 4.78 is 19.1. The van der Waals surface area contributed by atoms with Crippen LogP contribution in [0, 0.1) is 5.82 Å². The quantitative estimate of drug-likeness (QED) is 0.430. The molecular formula is C22H19FN2O5. The molecule has 1 saturated heterocycles. The molecule has 1 unspecified atom stereocenters. The number of esters is 1. The minimum Gasteiger partial charge on any atom is -0.427 e. The highest BCUT2D eigenvalue weighted by molar-refractivity contribution is 6.23. The predicted octanol–water partition coefficient (Wildman–Crippen LogP) is 2.69. The van der Waals surface area contributed by atoms with Gasteiger partial charge in [-0.15, -0.1) is 0 Å². The zero-order valence-corrected chi connectivity index (χ0v) is 16.2. The lowest BCUT2D eigenvalue weighted by Crippen LogP contribution is -2.47. The lowest BCUT2D eigenvalue weighted by atomic mass is 10.1. The van der Waals surface area contributed by atoms with Gasteiger partial charge >= 0.3 is 5.97 Å². The third-order valence-corrected chi connectivity index (χ3v) is 5.09. The van der Waals surface area contributed by atoms with E-state index in [4.69, 9.17) is 4.74 Å². The minimum absolute atomic E-state index is 0.117. The van der Waals surface area contributed by atoms with Gasteiger partial charge in [0.15, 0.2) is 0 Å². The van der Waals surface area contributed by atoms with E-state index in [1.165, 1.54) is 54.3 Å². The van der Waals surface area contributed by atoms with Crippen LogP contribution in [0.2, 0.25) is 0 Å². The van der Waals surface area contributed by atoms with Crippen molar-refractivity contribution in [2.45, 2.75) is 38.3 Å². The van der Waals surface area contributed by atoms with Gasteiger partial charge in [0.1, 0.15) is 17.6 Å². The van der Waals surface area contributed by atoms with Gasteiger partial charge in [0.05, 0.1) is 17.7 Å². The van der Waals surface area contributed by atoms with Crippen LogP contribution in [0.1, 0.15) is 36.5 Å². The molecule has 0 bridgehead atoms. The van der Waals surface area contributed by atoms with Crippen molar-refractivity contribution in [1.29, 1.82) is 0 Å². The first-order chi connectivity index (χ1) is 14.4. The Kier molecular flexibility index (Phi) is 5.07. The Balaban J connectivity index is 1.60. The van der Waals surface area contributed by atoms with Crippen molar-refractivity contribution in [3.8, 4) is 5.75 Å². The SMILES string of the molecule is CC(=O)Oc1ccc(N2C(=O)CC(N(C(=O)c3ccccc3F)C3CC3)C2=O)cc1. The van der Waals surface area contributed by atoms with E-state index in [1.807, 2.05) is 0 Å². The maximum atomic E-state index is 14.2. The minimum atomic E-state index is -0.981. The van der Waals surface area contributed by atoms with Crippen molar-refractivity contribution in [3.05, 3.63) is 59.9 Å². The molecule has 0 radical (unpaired) electrons. The van der Waals surface area contributed by atoms with Gasteiger partial charge in [-0.3, -0.25) is 19.2 Å². The smallest absolute Gasteiger partial charge is 0.308 e. The highest BCUT2D eigenvalue weighted by Gasteiger charge is 2.49. The number of rotatable bonds is 5. The van der Waals surface area contributed by atoms with Crippen molar-refractivity contribution in [3.63, 3.8) is 0 Å². The molecule has 1 atom stereocenters. The molecule has 1 aliphatic heterocycles. The van der Waals surface area contributed by atoms with Gasteiger partial charge in [-0.2, -0.15) is 0 Å². The second-order valence-corrected chi connectivity index (χ2v) is 7.30. The molecule has 0 spiro atoms. The van der Waals surface area contributed by atoms with Crippen LogP contribution in [0.4, 0.5) is 10.1 Å². The third-order valence-electron chi connectivity index (χ3n) is 5.09. The molecule has 3 amide bonds. The van der Waals surface area contributed by atoms with Crippen LogP contribution in [0.25, 0.3) is 0 Å². The number of nitrogens with zero attached hydrogens (tertiary/aromatic N) is 2. The lowest BCUT2D eigenvalue weighted by molar-refractivity contribution is -0.132. The van der Waals surface area contributed by atoms with Gasteiger partial charge in [0.2, 0.25) is 5.91 Å². The Morgan fingerprint density at radius 2 is 1.73 bits per heavy atom. The number of anilines is 1. The van der Waals surface area contributed by atoms with Crippen LogP contribution in [0.5, 0.6) is 5.75 Å². The van der Waals surface area contributed by atoms with E-state index in [1.54, 1.807) is 6.07 Å². The Morgan fingerprint density at radius 1 is 1.07 bits per heavy atom. The van der Waals surface area contributed by atoms with E-state index >= 15 is 0 Å². The maximum Gasteiger partial charge on any atom is 0.308 e. The van der Waals surface area contributed by atoms with Crippen LogP contribution < -0.4 is 9.64 Å². The molecule has 7 nitrogen and oxygen atoms in total. The molecule has 1 saturated carbocycles. The molecule has 154 valence electrons. The fourth-order valence-electron chi connectivity index (χ4n) is 3.62. The molecule has 1 aliphatic carbocycles. The summed E-state index contributed by atoms with van der Waals surface area (Å²) in [6.07, 6.45) is 1.24. The molecule has 0 N–H and O–H groups in total. The van der Waals surface area contributed by atoms with Crippen molar-refractivity contribution in [1.82, 2.24) is 4.90 Å². The number of amides is 3. The first-order valence-electron chi connectivity index (χ1n) is 9.59. The summed E-state index contributed by atoms with van der Waals surface area (Å²) in [6.45, 7) is 1.27. The van der Waals surface area contributed by atoms with Crippen LogP contribution >= 0.6 is 0 Å². The topological polar surface area (TPSA) is 84.0 Å². The summed E-state index contributed by atoms with van der Waals surface area (Å²) in [5.74, 6) is -2.43. The van der Waals surface area contributed by atoms with Crippen LogP contribution in [0.3, 0.4) is 0 Å². The Morgan fingerprint density at radius 3 is 2.33 bits per heavy atom. The van der Waals surface area contributed by atoms with Gasteiger partial charge in [-0.1, -0.05) is 12.1 Å². The van der Waals surface area contributed by atoms with E-state index < -0.39 is 35.5 Å². The summed E-state index contributed by atoms with van der Waals surface area (Å²) in [6, 6.07) is 10.4. The average Bonchev–Trinajstić information content (AvgIpc) is 3.49. The molecule has 2 fully saturated rings. The second-order valence-electron chi connectivity index (χ2n) is 7.30. The van der Waals surface area contributed by atoms with Crippen LogP contribution in [-0.2, 0) is 14.4 Å². The number of imide groups is 1. The fraction of sp³-hybridized carbons (Fsp3) is 0.273. The maximum absolute atomic E-state index is 14.2. The molecule has 2 aromatic carbocycles. The number of hydrogen-bond donors (Lipinski definition) is 0. The van der Waals surface area contributed by atoms with Crippen LogP contribution in [-0.4, -0.2) is 40.7 Å². The molecule has 2 aliphatic rings. The number of carbonyl (C=O) groups is 4. The van der Waals surface area contributed by atoms with Gasteiger partial charge in [0.25, 0.3) is 11.8 Å². The summed E-state index contributed by atoms with van der Waals surface area (Å²) in [4.78, 5) is 52.2. The summed E-state index contributed by atoms with van der Waals surface area (Å²) in [5, 5.41) is 0. The van der Waals surface area contributed by atoms with Crippen molar-refractivity contribution in [2.75, 3.05) is 4.90 Å². The Hall–Kier alpha value is -3.55. The van der Waals surface area contributed by atoms with E-state index in [0.29, 0.717) is 18.5 Å². The number of carbonyl (C=O) groups excluding carboxylic acids is 4. The van der Waals surface area contributed by atoms with E-state index in [-0.39, 0.29) is 23.8 Å². The Bertz CT molecular complexity index is 1030. The fourth-order valence-corrected chi connectivity index (χ4v) is 3.62. The van der Waals surface area contributed by atoms with Gasteiger partial charge in [0, 0.05) is 13.0 Å². The van der Waals surface area contributed by atoms with Crippen molar-refractivity contribution < 1.29 is 28.3 Å². The average molecular weight is 410 g/mol. The molecule has 8 heteroatoms. The standard InChI is InChI=1S/C22H19FN2O5/c1-13(26)30-16-10-8-15(9-11-16)25-20(27)12-19(22(25)29)24(14-6-7-14)21(28)17-4-2-3-5-18(17)23/h2-5,8-11,14,19H,6-7,12H2,1H3. The predicted molar refractivity (Wildman–Crippen MR) is 104 cm³/mol. The summed E-state index contributed by atoms with van der Waals surface area (Å²) >= 11 is 0. The summed E-state index contributed by atoms with van der Waals surface area (Å²) in [7, 11) is 0. The zero-order valence-electron chi connectivity index (χ0n) is 16.2. The zero-order chi connectivity index (χ0) is 21.4. The molecule has 0 aromatic heterocycles. The van der Waals surface area contributed by atoms with E-state index in [9.17, 15) is 23.6 Å². The monoisotopic (exact) mass is 410 g/mol. The molecular weight excluding hydrogens is 391 g/mol.